The van der Waals surface area contributed by atoms with Crippen LogP contribution in [0.4, 0.5) is 0 Å². The molecule has 0 atom stereocenters. The average molecular weight is 360 g/mol. The maximum absolute atomic E-state index is 11.8. The molecule has 0 radical (unpaired) electrons. The van der Waals surface area contributed by atoms with E-state index in [4.69, 9.17) is 11.6 Å². The van der Waals surface area contributed by atoms with E-state index in [1.54, 1.807) is 37.3 Å². The van der Waals surface area contributed by atoms with E-state index in [0.717, 1.165) is 5.56 Å². The normalized spacial score (nSPS) is 11.1. The fraction of sp³-hybridized carbons (Fsp3) is 0.214. The molecular formula is C14H12BrClO4. The second-order valence-electron chi connectivity index (χ2n) is 3.79. The smallest absolute Gasteiger partial charge is 0.375 e. The van der Waals surface area contributed by atoms with Crippen molar-refractivity contribution in [2.24, 2.45) is 0 Å². The molecule has 0 amide bonds. The molecule has 0 saturated carbocycles. The molecule has 0 spiro atoms. The highest BCUT2D eigenvalue weighted by Gasteiger charge is 2.20. The lowest BCUT2D eigenvalue weighted by atomic mass is 10.1. The van der Waals surface area contributed by atoms with Gasteiger partial charge in [-0.3, -0.25) is 9.59 Å². The third-order valence-electron chi connectivity index (χ3n) is 2.25. The van der Waals surface area contributed by atoms with Crippen molar-refractivity contribution in [2.75, 3.05) is 6.61 Å². The van der Waals surface area contributed by atoms with Gasteiger partial charge in [-0.15, -0.1) is 0 Å². The zero-order valence-corrected chi connectivity index (χ0v) is 13.0. The highest BCUT2D eigenvalue weighted by molar-refractivity contribution is 9.12. The van der Waals surface area contributed by atoms with E-state index >= 15 is 0 Å². The van der Waals surface area contributed by atoms with E-state index in [9.17, 15) is 14.4 Å². The molecule has 0 aliphatic carbocycles. The highest BCUT2D eigenvalue weighted by atomic mass is 79.9. The van der Waals surface area contributed by atoms with Gasteiger partial charge in [-0.1, -0.05) is 23.7 Å². The van der Waals surface area contributed by atoms with Crippen LogP contribution >= 0.6 is 27.5 Å². The number of benzene rings is 1. The maximum atomic E-state index is 11.8. The summed E-state index contributed by atoms with van der Waals surface area (Å²) in [5.41, 5.74) is 0.748. The van der Waals surface area contributed by atoms with Gasteiger partial charge in [0.25, 0.3) is 0 Å². The van der Waals surface area contributed by atoms with Crippen molar-refractivity contribution in [1.29, 1.82) is 0 Å². The summed E-state index contributed by atoms with van der Waals surface area (Å²) in [5, 5.41) is 0.585. The molecule has 0 unspecified atom stereocenters. The number of allylic oxidation sites excluding steroid dienone is 1. The second-order valence-corrected chi connectivity index (χ2v) is 5.08. The van der Waals surface area contributed by atoms with Crippen LogP contribution in [-0.2, 0) is 19.1 Å². The minimum absolute atomic E-state index is 0.0978. The van der Waals surface area contributed by atoms with Crippen molar-refractivity contribution >= 4 is 51.1 Å². The molecule has 20 heavy (non-hydrogen) atoms. The van der Waals surface area contributed by atoms with Crippen LogP contribution in [0.5, 0.6) is 0 Å². The van der Waals surface area contributed by atoms with E-state index in [1.165, 1.54) is 0 Å². The molecule has 6 heteroatoms. The van der Waals surface area contributed by atoms with Crippen molar-refractivity contribution in [1.82, 2.24) is 0 Å². The number of hydrogen-bond acceptors (Lipinski definition) is 4. The molecule has 0 aliphatic heterocycles. The Morgan fingerprint density at radius 2 is 1.80 bits per heavy atom. The molecule has 0 fully saturated rings. The lowest BCUT2D eigenvalue weighted by molar-refractivity contribution is -0.154. The number of rotatable bonds is 6. The summed E-state index contributed by atoms with van der Waals surface area (Å²) in [7, 11) is 0. The number of Topliss-reactive ketones (excluding diaryl/α,β-unsaturated/α-hetero) is 2. The minimum atomic E-state index is -0.993. The Morgan fingerprint density at radius 1 is 1.20 bits per heavy atom. The van der Waals surface area contributed by atoms with Gasteiger partial charge >= 0.3 is 5.97 Å². The molecule has 0 aliphatic rings. The predicted molar refractivity (Wildman–Crippen MR) is 79.6 cm³/mol. The number of ketones is 2. The molecule has 0 heterocycles. The van der Waals surface area contributed by atoms with Crippen LogP contribution in [0.2, 0.25) is 5.02 Å². The Kier molecular flexibility index (Phi) is 6.61. The maximum Gasteiger partial charge on any atom is 0.375 e. The minimum Gasteiger partial charge on any atom is -0.460 e. The van der Waals surface area contributed by atoms with Crippen LogP contribution in [0.1, 0.15) is 18.9 Å². The lowest BCUT2D eigenvalue weighted by Crippen LogP contribution is -2.20. The third-order valence-corrected chi connectivity index (χ3v) is 3.18. The number of hydrogen-bond donors (Lipinski definition) is 0. The fourth-order valence-electron chi connectivity index (χ4n) is 1.30. The summed E-state index contributed by atoms with van der Waals surface area (Å²) in [6.07, 6.45) is 1.03. The SMILES string of the molecule is CCOC(=O)C(=O)CC(=O)/C(Br)=C/c1ccc(Cl)cc1. The number of carbonyl (C=O) groups is 3. The van der Waals surface area contributed by atoms with Crippen LogP contribution in [-0.4, -0.2) is 24.1 Å². The first kappa shape index (κ1) is 16.6. The van der Waals surface area contributed by atoms with Crippen LogP contribution in [0.15, 0.2) is 28.7 Å². The Morgan fingerprint density at radius 3 is 2.35 bits per heavy atom. The van der Waals surface area contributed by atoms with Gasteiger partial charge in [0.05, 0.1) is 17.5 Å². The molecule has 0 bridgehead atoms. The van der Waals surface area contributed by atoms with Crippen LogP contribution in [0.25, 0.3) is 6.08 Å². The summed E-state index contributed by atoms with van der Waals surface area (Å²) < 4.78 is 4.73. The summed E-state index contributed by atoms with van der Waals surface area (Å²) in [4.78, 5) is 34.3. The monoisotopic (exact) mass is 358 g/mol. The van der Waals surface area contributed by atoms with Crippen molar-refractivity contribution in [3.8, 4) is 0 Å². The Balaban J connectivity index is 2.69. The van der Waals surface area contributed by atoms with Gasteiger partial charge in [0, 0.05) is 5.02 Å². The molecule has 1 rings (SSSR count). The Labute approximate surface area is 129 Å². The van der Waals surface area contributed by atoms with E-state index in [2.05, 4.69) is 20.7 Å². The van der Waals surface area contributed by atoms with Gasteiger partial charge in [0.2, 0.25) is 5.78 Å². The van der Waals surface area contributed by atoms with Crippen molar-refractivity contribution in [3.05, 3.63) is 39.3 Å². The van der Waals surface area contributed by atoms with Crippen molar-refractivity contribution in [3.63, 3.8) is 0 Å². The molecule has 0 N–H and O–H groups in total. The van der Waals surface area contributed by atoms with Crippen LogP contribution in [0.3, 0.4) is 0 Å². The van der Waals surface area contributed by atoms with E-state index in [1.807, 2.05) is 0 Å². The first-order chi connectivity index (χ1) is 9.43. The van der Waals surface area contributed by atoms with Gasteiger partial charge in [-0.05, 0) is 46.6 Å². The standard InChI is InChI=1S/C14H12BrClO4/c1-2-20-14(19)13(18)8-12(17)11(15)7-9-3-5-10(16)6-4-9/h3-7H,2,8H2,1H3/b11-7-. The molecule has 1 aromatic rings. The topological polar surface area (TPSA) is 60.4 Å². The van der Waals surface area contributed by atoms with Crippen LogP contribution in [0, 0.1) is 0 Å². The van der Waals surface area contributed by atoms with Crippen LogP contribution < -0.4 is 0 Å². The number of ether oxygens (including phenoxy) is 1. The molecule has 4 nitrogen and oxygen atoms in total. The molecule has 106 valence electrons. The van der Waals surface area contributed by atoms with Gasteiger partial charge in [-0.25, -0.2) is 4.79 Å². The zero-order chi connectivity index (χ0) is 15.1. The molecule has 0 aromatic heterocycles. The molecule has 0 saturated heterocycles. The summed E-state index contributed by atoms with van der Waals surface area (Å²) in [5.74, 6) is -2.34. The molecule has 1 aromatic carbocycles. The zero-order valence-electron chi connectivity index (χ0n) is 10.7. The predicted octanol–water partition coefficient (Wildman–Crippen LogP) is 3.17. The largest absolute Gasteiger partial charge is 0.460 e. The van der Waals surface area contributed by atoms with Gasteiger partial charge in [0.1, 0.15) is 0 Å². The number of halogens is 2. The number of carbonyl (C=O) groups excluding carboxylic acids is 3. The summed E-state index contributed by atoms with van der Waals surface area (Å²) in [6, 6.07) is 6.82. The molecular weight excluding hydrogens is 348 g/mol. The van der Waals surface area contributed by atoms with Gasteiger partial charge in [-0.2, -0.15) is 0 Å². The lowest BCUT2D eigenvalue weighted by Gasteiger charge is -2.01. The number of esters is 1. The first-order valence-corrected chi connectivity index (χ1v) is 6.97. The van der Waals surface area contributed by atoms with E-state index in [-0.39, 0.29) is 11.1 Å². The fourth-order valence-corrected chi connectivity index (χ4v) is 1.83. The van der Waals surface area contributed by atoms with Crippen molar-refractivity contribution < 1.29 is 19.1 Å². The Hall–Kier alpha value is -1.46. The van der Waals surface area contributed by atoms with Gasteiger partial charge in [0.15, 0.2) is 5.78 Å². The quantitative estimate of drug-likeness (QED) is 0.339. The highest BCUT2D eigenvalue weighted by Crippen LogP contribution is 2.17. The first-order valence-electron chi connectivity index (χ1n) is 5.80. The second kappa shape index (κ2) is 7.97. The summed E-state index contributed by atoms with van der Waals surface area (Å²) >= 11 is 8.84. The van der Waals surface area contributed by atoms with E-state index in [0.29, 0.717) is 5.02 Å². The van der Waals surface area contributed by atoms with E-state index < -0.39 is 24.0 Å². The third kappa shape index (κ3) is 5.27. The van der Waals surface area contributed by atoms with Crippen molar-refractivity contribution in [2.45, 2.75) is 13.3 Å². The summed E-state index contributed by atoms with van der Waals surface area (Å²) in [6.45, 7) is 1.68. The van der Waals surface area contributed by atoms with Gasteiger partial charge < -0.3 is 4.74 Å². The average Bonchev–Trinajstić information content (AvgIpc) is 2.41. The Bertz CT molecular complexity index is 549.